The first-order chi connectivity index (χ1) is 11.4. The van der Waals surface area contributed by atoms with Crippen LogP contribution in [0.15, 0.2) is 17.2 Å². The van der Waals surface area contributed by atoms with Crippen molar-refractivity contribution in [2.24, 2.45) is 7.05 Å². The summed E-state index contributed by atoms with van der Waals surface area (Å²) in [6.07, 6.45) is 3.95. The van der Waals surface area contributed by atoms with Crippen LogP contribution >= 0.6 is 12.4 Å². The number of hydrogen-bond donors (Lipinski definition) is 1. The largest absolute Gasteiger partial charge is 0.317 e. The third-order valence-corrected chi connectivity index (χ3v) is 6.52. The molecule has 0 unspecified atom stereocenters. The minimum atomic E-state index is -3.56. The van der Waals surface area contributed by atoms with Gasteiger partial charge in [0.05, 0.1) is 5.69 Å². The van der Waals surface area contributed by atoms with Gasteiger partial charge in [0, 0.05) is 31.2 Å². The molecule has 7 nitrogen and oxygen atoms in total. The van der Waals surface area contributed by atoms with Gasteiger partial charge in [-0.15, -0.1) is 12.4 Å². The number of hydrogen-bond acceptors (Lipinski definition) is 5. The van der Waals surface area contributed by atoms with Crippen LogP contribution < -0.4 is 5.32 Å². The number of nitrogens with zero attached hydrogens (tertiary/aromatic N) is 4. The van der Waals surface area contributed by atoms with Crippen molar-refractivity contribution in [3.8, 4) is 0 Å². The van der Waals surface area contributed by atoms with Crippen LogP contribution in [-0.4, -0.2) is 53.2 Å². The van der Waals surface area contributed by atoms with Crippen LogP contribution in [0, 0.1) is 6.92 Å². The van der Waals surface area contributed by atoms with Gasteiger partial charge in [-0.25, -0.2) is 13.4 Å². The van der Waals surface area contributed by atoms with Gasteiger partial charge in [-0.2, -0.15) is 9.40 Å². The molecule has 1 N–H and O–H groups in total. The zero-order valence-electron chi connectivity index (χ0n) is 14.9. The summed E-state index contributed by atoms with van der Waals surface area (Å²) in [5.74, 6) is 0. The van der Waals surface area contributed by atoms with Crippen LogP contribution in [-0.2, 0) is 17.1 Å². The smallest absolute Gasteiger partial charge is 0.244 e. The van der Waals surface area contributed by atoms with Crippen molar-refractivity contribution in [3.63, 3.8) is 0 Å². The molecule has 25 heavy (non-hydrogen) atoms. The fourth-order valence-corrected chi connectivity index (χ4v) is 5.13. The van der Waals surface area contributed by atoms with E-state index in [2.05, 4.69) is 15.4 Å². The third kappa shape index (κ3) is 3.81. The molecule has 9 heteroatoms. The second-order valence-corrected chi connectivity index (χ2v) is 8.24. The van der Waals surface area contributed by atoms with Crippen molar-refractivity contribution in [3.05, 3.63) is 18.0 Å². The Balaban J connectivity index is 0.00000225. The van der Waals surface area contributed by atoms with Gasteiger partial charge in [-0.1, -0.05) is 6.92 Å². The van der Waals surface area contributed by atoms with Crippen LogP contribution in [0.5, 0.6) is 0 Å². The zero-order valence-corrected chi connectivity index (χ0v) is 16.5. The molecule has 3 rings (SSSR count). The molecular weight excluding hydrogens is 362 g/mol. The summed E-state index contributed by atoms with van der Waals surface area (Å²) in [6.45, 7) is 6.14. The highest BCUT2D eigenvalue weighted by Crippen LogP contribution is 2.25. The molecule has 2 aromatic rings. The Bertz CT molecular complexity index is 830. The van der Waals surface area contributed by atoms with Crippen molar-refractivity contribution in [2.75, 3.05) is 19.6 Å². The molecule has 0 spiro atoms. The van der Waals surface area contributed by atoms with Gasteiger partial charge >= 0.3 is 0 Å². The first-order valence-corrected chi connectivity index (χ1v) is 9.91. The molecular formula is C16H26ClN5O2S. The van der Waals surface area contributed by atoms with Gasteiger partial charge in [-0.3, -0.25) is 4.68 Å². The zero-order chi connectivity index (χ0) is 17.3. The molecule has 0 saturated carbocycles. The molecule has 0 radical (unpaired) electrons. The number of sulfonamides is 1. The van der Waals surface area contributed by atoms with E-state index < -0.39 is 10.0 Å². The molecule has 0 aromatic carbocycles. The molecule has 0 bridgehead atoms. The fraction of sp³-hybridized carbons (Fsp3) is 0.625. The lowest BCUT2D eigenvalue weighted by Crippen LogP contribution is -2.46. The molecule has 140 valence electrons. The van der Waals surface area contributed by atoms with Crippen molar-refractivity contribution in [1.29, 1.82) is 0 Å². The lowest BCUT2D eigenvalue weighted by molar-refractivity contribution is 0.262. The summed E-state index contributed by atoms with van der Waals surface area (Å²) < 4.78 is 29.8. The average molecular weight is 388 g/mol. The van der Waals surface area contributed by atoms with Gasteiger partial charge in [0.2, 0.25) is 10.0 Å². The van der Waals surface area contributed by atoms with Crippen molar-refractivity contribution in [1.82, 2.24) is 24.4 Å². The summed E-state index contributed by atoms with van der Waals surface area (Å²) in [5.41, 5.74) is 1.50. The predicted molar refractivity (Wildman–Crippen MR) is 101 cm³/mol. The predicted octanol–water partition coefficient (Wildman–Crippen LogP) is 1.85. The molecule has 2 aromatic heterocycles. The molecule has 0 atom stereocenters. The number of nitrogens with one attached hydrogen (secondary N) is 1. The van der Waals surface area contributed by atoms with E-state index >= 15 is 0 Å². The topological polar surface area (TPSA) is 80.1 Å². The number of aromatic nitrogens is 3. The van der Waals surface area contributed by atoms with E-state index in [-0.39, 0.29) is 23.3 Å². The number of aryl methyl sites for hydroxylation is 2. The average Bonchev–Trinajstić information content (AvgIpc) is 2.87. The highest BCUT2D eigenvalue weighted by Gasteiger charge is 2.32. The van der Waals surface area contributed by atoms with Crippen LogP contribution in [0.3, 0.4) is 0 Å². The maximum Gasteiger partial charge on any atom is 0.244 e. The van der Waals surface area contributed by atoms with Crippen molar-refractivity contribution < 1.29 is 8.42 Å². The number of halogens is 1. The van der Waals surface area contributed by atoms with Crippen LogP contribution in [0.2, 0.25) is 0 Å². The van der Waals surface area contributed by atoms with E-state index in [1.807, 2.05) is 20.9 Å². The Morgan fingerprint density at radius 3 is 2.68 bits per heavy atom. The Morgan fingerprint density at radius 2 is 2.04 bits per heavy atom. The number of rotatable bonds is 5. The van der Waals surface area contributed by atoms with Crippen LogP contribution in [0.1, 0.15) is 31.9 Å². The number of fused-ring (bicyclic) bond motifs is 1. The van der Waals surface area contributed by atoms with E-state index in [0.717, 1.165) is 43.4 Å². The van der Waals surface area contributed by atoms with Crippen LogP contribution in [0.25, 0.3) is 11.0 Å². The number of pyridine rings is 1. The minimum Gasteiger partial charge on any atom is -0.317 e. The van der Waals surface area contributed by atoms with Crippen molar-refractivity contribution in [2.45, 2.75) is 44.0 Å². The summed E-state index contributed by atoms with van der Waals surface area (Å²) >= 11 is 0. The summed E-state index contributed by atoms with van der Waals surface area (Å²) in [6, 6.07) is 1.77. The van der Waals surface area contributed by atoms with E-state index in [9.17, 15) is 8.42 Å². The molecule has 1 aliphatic heterocycles. The second-order valence-electron chi connectivity index (χ2n) is 6.35. The molecule has 1 saturated heterocycles. The third-order valence-electron chi connectivity index (χ3n) is 4.60. The summed E-state index contributed by atoms with van der Waals surface area (Å²) in [5, 5.41) is 8.41. The van der Waals surface area contributed by atoms with Gasteiger partial charge in [0.25, 0.3) is 0 Å². The maximum absolute atomic E-state index is 13.2. The highest BCUT2D eigenvalue weighted by molar-refractivity contribution is 7.89. The Morgan fingerprint density at radius 1 is 1.36 bits per heavy atom. The van der Waals surface area contributed by atoms with Gasteiger partial charge in [-0.05, 0) is 45.3 Å². The summed E-state index contributed by atoms with van der Waals surface area (Å²) in [4.78, 5) is 4.60. The van der Waals surface area contributed by atoms with E-state index in [1.54, 1.807) is 15.1 Å². The standard InChI is InChI=1S/C16H25N5O2S.ClH/c1-4-9-21(13-5-7-17-8-6-13)24(22,23)14-10-15-12(2)19-20(3)16(15)18-11-14;/h10-11,13,17H,4-9H2,1-3H3;1H. The first kappa shape index (κ1) is 20.1. The van der Waals surface area contributed by atoms with Crippen LogP contribution in [0.4, 0.5) is 0 Å². The summed E-state index contributed by atoms with van der Waals surface area (Å²) in [7, 11) is -1.74. The molecule has 0 aliphatic carbocycles. The van der Waals surface area contributed by atoms with E-state index in [4.69, 9.17) is 0 Å². The fourth-order valence-electron chi connectivity index (χ4n) is 3.38. The normalized spacial score (nSPS) is 16.3. The van der Waals surface area contributed by atoms with Gasteiger partial charge < -0.3 is 5.32 Å². The molecule has 1 aliphatic rings. The Kier molecular flexibility index (Phi) is 6.42. The molecule has 3 heterocycles. The minimum absolute atomic E-state index is 0. The van der Waals surface area contributed by atoms with Crippen molar-refractivity contribution >= 4 is 33.5 Å². The van der Waals surface area contributed by atoms with Gasteiger partial charge in [0.15, 0.2) is 5.65 Å². The Labute approximate surface area is 155 Å². The number of piperidine rings is 1. The lowest BCUT2D eigenvalue weighted by Gasteiger charge is -2.33. The first-order valence-electron chi connectivity index (χ1n) is 8.47. The Hall–Kier alpha value is -1.22. The van der Waals surface area contributed by atoms with E-state index in [1.165, 1.54) is 6.20 Å². The van der Waals surface area contributed by atoms with E-state index in [0.29, 0.717) is 12.2 Å². The van der Waals surface area contributed by atoms with Gasteiger partial charge in [0.1, 0.15) is 4.90 Å². The monoisotopic (exact) mass is 387 g/mol. The molecule has 1 fully saturated rings. The maximum atomic E-state index is 13.2. The second kappa shape index (κ2) is 7.99. The molecule has 0 amide bonds. The highest BCUT2D eigenvalue weighted by atomic mass is 35.5. The lowest BCUT2D eigenvalue weighted by atomic mass is 10.1. The SMILES string of the molecule is CCCN(C1CCNCC1)S(=O)(=O)c1cnc2c(c1)c(C)nn2C.Cl. The quantitative estimate of drug-likeness (QED) is 0.846.